The topological polar surface area (TPSA) is 51.0 Å². The highest BCUT2D eigenvalue weighted by atomic mass is 16.2. The minimum Gasteiger partial charge on any atom is -0.337 e. The van der Waals surface area contributed by atoms with Crippen molar-refractivity contribution in [2.45, 2.75) is 52.1 Å². The third kappa shape index (κ3) is 3.72. The minimum atomic E-state index is 0.124. The van der Waals surface area contributed by atoms with Gasteiger partial charge in [-0.3, -0.25) is 9.78 Å². The van der Waals surface area contributed by atoms with E-state index in [1.165, 1.54) is 12.0 Å². The number of carbonyl (C=O) groups excluding carboxylic acids is 1. The number of hydrogen-bond donors (Lipinski definition) is 0. The van der Waals surface area contributed by atoms with Crippen LogP contribution in [0.1, 0.15) is 47.3 Å². The average molecular weight is 362 g/mol. The zero-order valence-electron chi connectivity index (χ0n) is 16.1. The molecular formula is C22H26N4O. The number of piperidine rings is 1. The number of nitrogens with zero attached hydrogens (tertiary/aromatic N) is 4. The maximum absolute atomic E-state index is 13.4. The minimum absolute atomic E-state index is 0.124. The molecule has 1 unspecified atom stereocenters. The van der Waals surface area contributed by atoms with Crippen LogP contribution in [-0.2, 0) is 6.54 Å². The van der Waals surface area contributed by atoms with Crippen molar-refractivity contribution in [3.05, 3.63) is 59.8 Å². The van der Waals surface area contributed by atoms with Gasteiger partial charge >= 0.3 is 0 Å². The Labute approximate surface area is 160 Å². The smallest absolute Gasteiger partial charge is 0.255 e. The first kappa shape index (κ1) is 17.7. The monoisotopic (exact) mass is 362 g/mol. The molecule has 1 aliphatic rings. The maximum Gasteiger partial charge on any atom is 0.255 e. The molecule has 1 aliphatic heterocycles. The Balaban J connectivity index is 1.59. The van der Waals surface area contributed by atoms with Gasteiger partial charge in [0.25, 0.3) is 5.91 Å². The molecule has 0 aliphatic carbocycles. The molecule has 1 saturated heterocycles. The number of aryl methyl sites for hydroxylation is 3. The third-order valence-electron chi connectivity index (χ3n) is 5.56. The summed E-state index contributed by atoms with van der Waals surface area (Å²) in [6.07, 6.45) is 9.92. The molecule has 3 heterocycles. The summed E-state index contributed by atoms with van der Waals surface area (Å²) >= 11 is 0. The normalized spacial score (nSPS) is 17.4. The molecular weight excluding hydrogens is 336 g/mol. The van der Waals surface area contributed by atoms with Gasteiger partial charge in [-0.25, -0.2) is 4.98 Å². The summed E-state index contributed by atoms with van der Waals surface area (Å²) in [6.45, 7) is 5.73. The van der Waals surface area contributed by atoms with Gasteiger partial charge in [-0.05, 0) is 57.7 Å². The van der Waals surface area contributed by atoms with Gasteiger partial charge in [0, 0.05) is 36.9 Å². The van der Waals surface area contributed by atoms with Crippen molar-refractivity contribution in [3.63, 3.8) is 0 Å². The maximum atomic E-state index is 13.4. The van der Waals surface area contributed by atoms with Crippen LogP contribution >= 0.6 is 0 Å². The SMILES string of the molecule is Cc1ccc2nc(C)c(C(=O)N3CCCCC3CCn3ccnc3)cc2c1. The largest absolute Gasteiger partial charge is 0.337 e. The summed E-state index contributed by atoms with van der Waals surface area (Å²) in [7, 11) is 0. The number of imidazole rings is 1. The lowest BCUT2D eigenvalue weighted by Crippen LogP contribution is -2.44. The van der Waals surface area contributed by atoms with Crippen molar-refractivity contribution in [1.82, 2.24) is 19.4 Å². The Morgan fingerprint density at radius 2 is 2.11 bits per heavy atom. The fraction of sp³-hybridized carbons (Fsp3) is 0.409. The van der Waals surface area contributed by atoms with Crippen LogP contribution in [0.15, 0.2) is 43.0 Å². The van der Waals surface area contributed by atoms with E-state index in [-0.39, 0.29) is 11.9 Å². The first-order valence-electron chi connectivity index (χ1n) is 9.76. The Kier molecular flexibility index (Phi) is 4.92. The summed E-state index contributed by atoms with van der Waals surface area (Å²) in [6, 6.07) is 8.49. The highest BCUT2D eigenvalue weighted by molar-refractivity contribution is 5.99. The summed E-state index contributed by atoms with van der Waals surface area (Å²) in [5, 5.41) is 1.04. The van der Waals surface area contributed by atoms with Crippen molar-refractivity contribution in [2.24, 2.45) is 0 Å². The second-order valence-electron chi connectivity index (χ2n) is 7.55. The molecule has 0 spiro atoms. The number of amides is 1. The molecule has 5 nitrogen and oxygen atoms in total. The Morgan fingerprint density at radius 3 is 2.93 bits per heavy atom. The van der Waals surface area contributed by atoms with Gasteiger partial charge in [-0.2, -0.15) is 0 Å². The number of benzene rings is 1. The van der Waals surface area contributed by atoms with Crippen LogP contribution < -0.4 is 0 Å². The van der Waals surface area contributed by atoms with Gasteiger partial charge in [0.1, 0.15) is 0 Å². The lowest BCUT2D eigenvalue weighted by Gasteiger charge is -2.36. The van der Waals surface area contributed by atoms with Gasteiger partial charge in [-0.15, -0.1) is 0 Å². The molecule has 4 rings (SSSR count). The third-order valence-corrected chi connectivity index (χ3v) is 5.56. The molecule has 1 fully saturated rings. The highest BCUT2D eigenvalue weighted by Gasteiger charge is 2.28. The Hall–Kier alpha value is -2.69. The van der Waals surface area contributed by atoms with E-state index in [4.69, 9.17) is 0 Å². The van der Waals surface area contributed by atoms with Gasteiger partial charge in [-0.1, -0.05) is 11.6 Å². The number of rotatable bonds is 4. The van der Waals surface area contributed by atoms with Crippen LogP contribution in [0.3, 0.4) is 0 Å². The molecule has 0 saturated carbocycles. The van der Waals surface area contributed by atoms with Crippen molar-refractivity contribution in [3.8, 4) is 0 Å². The molecule has 0 radical (unpaired) electrons. The summed E-state index contributed by atoms with van der Waals surface area (Å²) in [4.78, 5) is 24.3. The Morgan fingerprint density at radius 1 is 1.22 bits per heavy atom. The number of aromatic nitrogens is 3. The predicted molar refractivity (Wildman–Crippen MR) is 107 cm³/mol. The molecule has 0 bridgehead atoms. The fourth-order valence-electron chi connectivity index (χ4n) is 4.05. The van der Waals surface area contributed by atoms with Crippen LogP contribution in [0.2, 0.25) is 0 Å². The lowest BCUT2D eigenvalue weighted by atomic mass is 9.97. The quantitative estimate of drug-likeness (QED) is 0.701. The van der Waals surface area contributed by atoms with E-state index >= 15 is 0 Å². The van der Waals surface area contributed by atoms with E-state index in [1.807, 2.05) is 31.6 Å². The van der Waals surface area contributed by atoms with Gasteiger partial charge in [0.2, 0.25) is 0 Å². The molecule has 1 amide bonds. The first-order valence-corrected chi connectivity index (χ1v) is 9.76. The van der Waals surface area contributed by atoms with Crippen molar-refractivity contribution >= 4 is 16.8 Å². The van der Waals surface area contributed by atoms with E-state index in [1.54, 1.807) is 6.20 Å². The zero-order valence-corrected chi connectivity index (χ0v) is 16.1. The van der Waals surface area contributed by atoms with E-state index in [0.717, 1.165) is 54.5 Å². The summed E-state index contributed by atoms with van der Waals surface area (Å²) in [5.41, 5.74) is 3.69. The molecule has 1 atom stereocenters. The molecule has 0 N–H and O–H groups in total. The second kappa shape index (κ2) is 7.51. The predicted octanol–water partition coefficient (Wildman–Crippen LogP) is 4.13. The molecule has 2 aromatic heterocycles. The highest BCUT2D eigenvalue weighted by Crippen LogP contribution is 2.25. The Bertz CT molecular complexity index is 948. The molecule has 140 valence electrons. The number of fused-ring (bicyclic) bond motifs is 1. The average Bonchev–Trinajstić information content (AvgIpc) is 3.19. The summed E-state index contributed by atoms with van der Waals surface area (Å²) in [5.74, 6) is 0.124. The van der Waals surface area contributed by atoms with Crippen molar-refractivity contribution in [2.75, 3.05) is 6.54 Å². The van der Waals surface area contributed by atoms with Crippen molar-refractivity contribution in [1.29, 1.82) is 0 Å². The molecule has 1 aromatic carbocycles. The van der Waals surface area contributed by atoms with Crippen LogP contribution in [0.5, 0.6) is 0 Å². The van der Waals surface area contributed by atoms with Gasteiger partial charge in [0.15, 0.2) is 0 Å². The standard InChI is InChI=1S/C22H26N4O/c1-16-6-7-21-18(13-16)14-20(17(2)24-21)22(27)26-10-4-3-5-19(26)8-11-25-12-9-23-15-25/h6-7,9,12-15,19H,3-5,8,10-11H2,1-2H3. The van der Waals surface area contributed by atoms with E-state index in [9.17, 15) is 4.79 Å². The van der Waals surface area contributed by atoms with Crippen LogP contribution in [0, 0.1) is 13.8 Å². The van der Waals surface area contributed by atoms with E-state index in [2.05, 4.69) is 38.5 Å². The van der Waals surface area contributed by atoms with Crippen molar-refractivity contribution < 1.29 is 4.79 Å². The molecule has 3 aromatic rings. The number of carbonyl (C=O) groups is 1. The van der Waals surface area contributed by atoms with E-state index in [0.29, 0.717) is 0 Å². The van der Waals surface area contributed by atoms with Crippen LogP contribution in [-0.4, -0.2) is 37.9 Å². The first-order chi connectivity index (χ1) is 13.1. The number of pyridine rings is 1. The molecule has 5 heteroatoms. The van der Waals surface area contributed by atoms with E-state index < -0.39 is 0 Å². The number of hydrogen-bond acceptors (Lipinski definition) is 3. The lowest BCUT2D eigenvalue weighted by molar-refractivity contribution is 0.0594. The number of likely N-dealkylation sites (tertiary alicyclic amines) is 1. The van der Waals surface area contributed by atoms with Gasteiger partial charge in [0.05, 0.1) is 23.1 Å². The fourth-order valence-corrected chi connectivity index (χ4v) is 4.05. The van der Waals surface area contributed by atoms with Gasteiger partial charge < -0.3 is 9.47 Å². The molecule has 27 heavy (non-hydrogen) atoms. The zero-order chi connectivity index (χ0) is 18.8. The second-order valence-corrected chi connectivity index (χ2v) is 7.55. The van der Waals surface area contributed by atoms with Crippen LogP contribution in [0.4, 0.5) is 0 Å². The van der Waals surface area contributed by atoms with Crippen LogP contribution in [0.25, 0.3) is 10.9 Å². The summed E-state index contributed by atoms with van der Waals surface area (Å²) < 4.78 is 2.09.